The number of phenolic OH excluding ortho intramolecular Hbond substituents is 1. The topological polar surface area (TPSA) is 69.6 Å². The normalized spacial score (nSPS) is 12.1. The Morgan fingerprint density at radius 3 is 2.50 bits per heavy atom. The van der Waals surface area contributed by atoms with E-state index in [0.717, 1.165) is 5.56 Å². The quantitative estimate of drug-likeness (QED) is 0.692. The van der Waals surface area contributed by atoms with E-state index in [-0.39, 0.29) is 24.3 Å². The Morgan fingerprint density at radius 2 is 2.00 bits per heavy atom. The van der Waals surface area contributed by atoms with E-state index >= 15 is 0 Å². The molecule has 3 N–H and O–H groups in total. The number of hydrogen-bond donors (Lipinski definition) is 3. The maximum atomic E-state index is 11.2. The van der Waals surface area contributed by atoms with E-state index in [9.17, 15) is 4.79 Å². The van der Waals surface area contributed by atoms with Crippen molar-refractivity contribution in [2.24, 2.45) is 0 Å². The summed E-state index contributed by atoms with van der Waals surface area (Å²) in [6.07, 6.45) is 0.967. The van der Waals surface area contributed by atoms with Gasteiger partial charge in [0.25, 0.3) is 0 Å². The first-order valence-electron chi connectivity index (χ1n) is 5.33. The summed E-state index contributed by atoms with van der Waals surface area (Å²) in [5.41, 5.74) is 0.966. The molecule has 0 aliphatic carbocycles. The Balaban J connectivity index is 2.56. The van der Waals surface area contributed by atoms with Gasteiger partial charge in [0.2, 0.25) is 5.91 Å². The second kappa shape index (κ2) is 6.12. The summed E-state index contributed by atoms with van der Waals surface area (Å²) in [4.78, 5) is 11.2. The molecule has 0 saturated heterocycles. The summed E-state index contributed by atoms with van der Waals surface area (Å²) in [6.45, 7) is 1.68. The van der Waals surface area contributed by atoms with Crippen LogP contribution in [0.3, 0.4) is 0 Å². The monoisotopic (exact) mass is 223 g/mol. The summed E-state index contributed by atoms with van der Waals surface area (Å²) in [6, 6.07) is 6.46. The fourth-order valence-corrected chi connectivity index (χ4v) is 1.41. The molecule has 0 radical (unpaired) electrons. The van der Waals surface area contributed by atoms with Crippen LogP contribution in [0, 0.1) is 0 Å². The van der Waals surface area contributed by atoms with Crippen LogP contribution in [-0.4, -0.2) is 28.8 Å². The lowest BCUT2D eigenvalue weighted by molar-refractivity contribution is -0.121. The van der Waals surface area contributed by atoms with Gasteiger partial charge in [-0.05, 0) is 24.1 Å². The first-order valence-corrected chi connectivity index (χ1v) is 5.33. The van der Waals surface area contributed by atoms with E-state index in [2.05, 4.69) is 5.32 Å². The third kappa shape index (κ3) is 3.90. The molecule has 4 nitrogen and oxygen atoms in total. The molecule has 1 atom stereocenters. The standard InChI is InChI=1S/C12H17NO3/c1-2-12(16)13-10(8-14)7-9-3-5-11(15)6-4-9/h3-6,10,14-15H,2,7-8H2,1H3,(H,13,16). The van der Waals surface area contributed by atoms with E-state index in [1.165, 1.54) is 0 Å². The molecule has 1 rings (SSSR count). The van der Waals surface area contributed by atoms with Crippen LogP contribution >= 0.6 is 0 Å². The summed E-state index contributed by atoms with van der Waals surface area (Å²) < 4.78 is 0. The molecule has 0 aliphatic heterocycles. The van der Waals surface area contributed by atoms with Gasteiger partial charge in [-0.2, -0.15) is 0 Å². The molecule has 1 aromatic carbocycles. The maximum Gasteiger partial charge on any atom is 0.220 e. The Morgan fingerprint density at radius 1 is 1.38 bits per heavy atom. The van der Waals surface area contributed by atoms with Gasteiger partial charge in [-0.15, -0.1) is 0 Å². The van der Waals surface area contributed by atoms with Crippen LogP contribution in [0.5, 0.6) is 5.75 Å². The number of phenols is 1. The van der Waals surface area contributed by atoms with Crippen LogP contribution in [0.2, 0.25) is 0 Å². The van der Waals surface area contributed by atoms with Crippen LogP contribution in [0.25, 0.3) is 0 Å². The molecule has 0 aromatic heterocycles. The molecular formula is C12H17NO3. The number of carbonyl (C=O) groups is 1. The highest BCUT2D eigenvalue weighted by atomic mass is 16.3. The molecule has 0 saturated carbocycles. The van der Waals surface area contributed by atoms with Gasteiger partial charge in [-0.25, -0.2) is 0 Å². The predicted octanol–water partition coefficient (Wildman–Crippen LogP) is 0.822. The summed E-state index contributed by atoms with van der Waals surface area (Å²) in [5, 5.41) is 21.0. The van der Waals surface area contributed by atoms with Crippen LogP contribution in [0.15, 0.2) is 24.3 Å². The Hall–Kier alpha value is -1.55. The minimum atomic E-state index is -0.267. The van der Waals surface area contributed by atoms with Crippen molar-refractivity contribution in [3.05, 3.63) is 29.8 Å². The minimum Gasteiger partial charge on any atom is -0.508 e. The molecule has 1 unspecified atom stereocenters. The molecule has 1 aromatic rings. The minimum absolute atomic E-state index is 0.0715. The average Bonchev–Trinajstić information content (AvgIpc) is 2.30. The van der Waals surface area contributed by atoms with E-state index in [1.54, 1.807) is 31.2 Å². The lowest BCUT2D eigenvalue weighted by atomic mass is 10.1. The van der Waals surface area contributed by atoms with Crippen molar-refractivity contribution in [3.63, 3.8) is 0 Å². The van der Waals surface area contributed by atoms with Crippen molar-refractivity contribution in [1.82, 2.24) is 5.32 Å². The van der Waals surface area contributed by atoms with Crippen LogP contribution in [0.1, 0.15) is 18.9 Å². The zero-order chi connectivity index (χ0) is 12.0. The van der Waals surface area contributed by atoms with E-state index in [0.29, 0.717) is 12.8 Å². The zero-order valence-corrected chi connectivity index (χ0v) is 9.31. The fourth-order valence-electron chi connectivity index (χ4n) is 1.41. The zero-order valence-electron chi connectivity index (χ0n) is 9.31. The van der Waals surface area contributed by atoms with Crippen LogP contribution < -0.4 is 5.32 Å². The van der Waals surface area contributed by atoms with Crippen molar-refractivity contribution in [3.8, 4) is 5.75 Å². The molecule has 0 heterocycles. The van der Waals surface area contributed by atoms with Gasteiger partial charge in [-0.1, -0.05) is 19.1 Å². The SMILES string of the molecule is CCC(=O)NC(CO)Cc1ccc(O)cc1. The van der Waals surface area contributed by atoms with Gasteiger partial charge >= 0.3 is 0 Å². The van der Waals surface area contributed by atoms with Crippen LogP contribution in [0.4, 0.5) is 0 Å². The number of hydrogen-bond acceptors (Lipinski definition) is 3. The second-order valence-electron chi connectivity index (χ2n) is 3.67. The number of aliphatic hydroxyl groups is 1. The molecule has 1 amide bonds. The van der Waals surface area contributed by atoms with Crippen molar-refractivity contribution < 1.29 is 15.0 Å². The van der Waals surface area contributed by atoms with E-state index in [1.807, 2.05) is 0 Å². The number of carbonyl (C=O) groups excluding carboxylic acids is 1. The maximum absolute atomic E-state index is 11.2. The Kier molecular flexibility index (Phi) is 4.79. The predicted molar refractivity (Wildman–Crippen MR) is 61.1 cm³/mol. The van der Waals surface area contributed by atoms with Crippen molar-refractivity contribution >= 4 is 5.91 Å². The fraction of sp³-hybridized carbons (Fsp3) is 0.417. The van der Waals surface area contributed by atoms with Gasteiger partial charge in [0.05, 0.1) is 12.6 Å². The lowest BCUT2D eigenvalue weighted by Gasteiger charge is -2.15. The smallest absolute Gasteiger partial charge is 0.220 e. The second-order valence-corrected chi connectivity index (χ2v) is 3.67. The number of benzene rings is 1. The molecular weight excluding hydrogens is 206 g/mol. The molecule has 0 aliphatic rings. The number of amides is 1. The number of aliphatic hydroxyl groups excluding tert-OH is 1. The summed E-state index contributed by atoms with van der Waals surface area (Å²) >= 11 is 0. The Labute approximate surface area is 94.9 Å². The molecule has 16 heavy (non-hydrogen) atoms. The number of nitrogens with one attached hydrogen (secondary N) is 1. The summed E-state index contributed by atoms with van der Waals surface area (Å²) in [7, 11) is 0. The summed E-state index contributed by atoms with van der Waals surface area (Å²) in [5.74, 6) is 0.139. The third-order valence-electron chi connectivity index (χ3n) is 2.33. The van der Waals surface area contributed by atoms with Crippen molar-refractivity contribution in [1.29, 1.82) is 0 Å². The highest BCUT2D eigenvalue weighted by Crippen LogP contribution is 2.11. The average molecular weight is 223 g/mol. The first kappa shape index (κ1) is 12.5. The Bertz CT molecular complexity index is 335. The molecule has 0 spiro atoms. The van der Waals surface area contributed by atoms with Gasteiger partial charge in [0, 0.05) is 6.42 Å². The largest absolute Gasteiger partial charge is 0.508 e. The van der Waals surface area contributed by atoms with Gasteiger partial charge in [0.15, 0.2) is 0 Å². The third-order valence-corrected chi connectivity index (χ3v) is 2.33. The highest BCUT2D eigenvalue weighted by Gasteiger charge is 2.10. The van der Waals surface area contributed by atoms with Crippen LogP contribution in [-0.2, 0) is 11.2 Å². The number of rotatable bonds is 5. The number of aromatic hydroxyl groups is 1. The van der Waals surface area contributed by atoms with Gasteiger partial charge in [-0.3, -0.25) is 4.79 Å². The lowest BCUT2D eigenvalue weighted by Crippen LogP contribution is -2.38. The van der Waals surface area contributed by atoms with E-state index < -0.39 is 0 Å². The molecule has 0 bridgehead atoms. The van der Waals surface area contributed by atoms with E-state index in [4.69, 9.17) is 10.2 Å². The van der Waals surface area contributed by atoms with Gasteiger partial charge in [0.1, 0.15) is 5.75 Å². The van der Waals surface area contributed by atoms with Gasteiger partial charge < -0.3 is 15.5 Å². The first-order chi connectivity index (χ1) is 7.65. The highest BCUT2D eigenvalue weighted by molar-refractivity contribution is 5.75. The molecule has 4 heteroatoms. The molecule has 88 valence electrons. The molecule has 0 fully saturated rings. The van der Waals surface area contributed by atoms with Crippen molar-refractivity contribution in [2.75, 3.05) is 6.61 Å². The van der Waals surface area contributed by atoms with Crippen molar-refractivity contribution in [2.45, 2.75) is 25.8 Å².